The number of carbonyl (C=O) groups is 6. The molecule has 4 aliphatic rings. The van der Waals surface area contributed by atoms with Gasteiger partial charge in [-0.2, -0.15) is 0 Å². The Kier molecular flexibility index (Phi) is 18.6. The standard InChI is InChI=1S/C49H72N8O8S2/c1-48(2)25-40-56(39(59)24-31(30-67-40)23-35(52-6)44(50)60)42(48)45(61)54-36(32-15-9-7-10-16-32)28-64-20-13-14-21-65-29-37(33-17-11-8-12-18-33)55-46(62)43-49(3,4)26-41-57(43)47(63)34(19-22-66-41)53-38(58)27-51-5/h7-12,15-18,31,34-37,40-43,51-52H,13-14,19-30H2,1-6H3,(H2,50,60)(H,53,58)(H,54,61)(H,55,62)/t31?,34-,35-,36+,37+,40-,41-,42+,43+/m0/s1. The topological polar surface area (TPSA) is 214 Å². The fourth-order valence-electron chi connectivity index (χ4n) is 10.0. The van der Waals surface area contributed by atoms with Gasteiger partial charge in [0.2, 0.25) is 35.4 Å². The lowest BCUT2D eigenvalue weighted by Gasteiger charge is -2.35. The quantitative estimate of drug-likeness (QED) is 0.0937. The Hall–Kier alpha value is -4.20. The maximum Gasteiger partial charge on any atom is 0.246 e. The molecule has 0 saturated carbocycles. The Morgan fingerprint density at radius 2 is 1.30 bits per heavy atom. The number of rotatable bonds is 22. The molecule has 6 amide bonds. The molecular weight excluding hydrogens is 893 g/mol. The summed E-state index contributed by atoms with van der Waals surface area (Å²) in [4.78, 5) is 84.5. The summed E-state index contributed by atoms with van der Waals surface area (Å²) in [6, 6.07) is 15.8. The van der Waals surface area contributed by atoms with E-state index in [-0.39, 0.29) is 72.4 Å². The molecule has 7 N–H and O–H groups in total. The molecule has 4 saturated heterocycles. The van der Waals surface area contributed by atoms with Crippen molar-refractivity contribution in [3.05, 3.63) is 71.8 Å². The third-order valence-electron chi connectivity index (χ3n) is 13.5. The summed E-state index contributed by atoms with van der Waals surface area (Å²) in [5, 5.41) is 14.8. The van der Waals surface area contributed by atoms with Crippen molar-refractivity contribution in [1.29, 1.82) is 0 Å². The number of nitrogens with two attached hydrogens (primary N) is 1. The molecule has 0 aliphatic carbocycles. The Bertz CT molecular complexity index is 2010. The Morgan fingerprint density at radius 1 is 0.776 bits per heavy atom. The molecule has 0 bridgehead atoms. The molecule has 4 aliphatic heterocycles. The second-order valence-electron chi connectivity index (χ2n) is 19.6. The van der Waals surface area contributed by atoms with Gasteiger partial charge in [-0.25, -0.2) is 0 Å². The van der Waals surface area contributed by atoms with Gasteiger partial charge >= 0.3 is 0 Å². The number of unbranched alkanes of at least 4 members (excludes halogenated alkanes) is 1. The molecule has 16 nitrogen and oxygen atoms in total. The van der Waals surface area contributed by atoms with Crippen LogP contribution in [0.2, 0.25) is 0 Å². The molecule has 4 fully saturated rings. The van der Waals surface area contributed by atoms with Gasteiger partial charge < -0.3 is 51.6 Å². The summed E-state index contributed by atoms with van der Waals surface area (Å²) in [6.45, 7) is 9.54. The van der Waals surface area contributed by atoms with Crippen LogP contribution < -0.4 is 32.3 Å². The smallest absolute Gasteiger partial charge is 0.246 e. The maximum atomic E-state index is 14.3. The zero-order valence-electron chi connectivity index (χ0n) is 39.9. The number of hydrogen-bond acceptors (Lipinski definition) is 12. The highest BCUT2D eigenvalue weighted by atomic mass is 32.2. The van der Waals surface area contributed by atoms with Crippen LogP contribution in [0.25, 0.3) is 0 Å². The number of amides is 6. The van der Waals surface area contributed by atoms with Crippen molar-refractivity contribution in [2.24, 2.45) is 22.5 Å². The van der Waals surface area contributed by atoms with Crippen molar-refractivity contribution >= 4 is 59.0 Å². The van der Waals surface area contributed by atoms with Crippen molar-refractivity contribution in [2.75, 3.05) is 58.6 Å². The number of primary amides is 1. The van der Waals surface area contributed by atoms with Crippen LogP contribution >= 0.6 is 23.5 Å². The van der Waals surface area contributed by atoms with E-state index >= 15 is 0 Å². The van der Waals surface area contributed by atoms with Crippen molar-refractivity contribution in [2.45, 2.75) is 120 Å². The number of fused-ring (bicyclic) bond motifs is 2. The number of nitrogens with zero attached hydrogens (tertiary/aromatic N) is 2. The van der Waals surface area contributed by atoms with Gasteiger partial charge in [0.1, 0.15) is 18.1 Å². The van der Waals surface area contributed by atoms with E-state index in [0.29, 0.717) is 63.2 Å². The van der Waals surface area contributed by atoms with Gasteiger partial charge in [0.25, 0.3) is 0 Å². The van der Waals surface area contributed by atoms with Gasteiger partial charge in [-0.05, 0) is 92.0 Å². The second-order valence-corrected chi connectivity index (χ2v) is 22.1. The normalized spacial score (nSPS) is 25.8. The first-order valence-corrected chi connectivity index (χ1v) is 25.8. The lowest BCUT2D eigenvalue weighted by atomic mass is 9.83. The third-order valence-corrected chi connectivity index (χ3v) is 16.2. The minimum atomic E-state index is -0.732. The number of thioether (sulfide) groups is 2. The van der Waals surface area contributed by atoms with Gasteiger partial charge in [0.15, 0.2) is 0 Å². The largest absolute Gasteiger partial charge is 0.379 e. The van der Waals surface area contributed by atoms with Crippen LogP contribution in [0.1, 0.15) is 95.9 Å². The van der Waals surface area contributed by atoms with Crippen LogP contribution in [0.4, 0.5) is 0 Å². The molecule has 1 unspecified atom stereocenters. The average molecular weight is 965 g/mol. The van der Waals surface area contributed by atoms with Crippen molar-refractivity contribution in [1.82, 2.24) is 36.4 Å². The lowest BCUT2D eigenvalue weighted by molar-refractivity contribution is -0.144. The van der Waals surface area contributed by atoms with E-state index in [1.807, 2.05) is 88.4 Å². The van der Waals surface area contributed by atoms with Gasteiger partial charge in [-0.3, -0.25) is 28.8 Å². The first-order valence-electron chi connectivity index (χ1n) is 23.7. The van der Waals surface area contributed by atoms with Crippen LogP contribution in [-0.2, 0) is 38.2 Å². The third kappa shape index (κ3) is 13.3. The monoisotopic (exact) mass is 964 g/mol. The molecule has 2 aromatic carbocycles. The molecule has 2 aromatic rings. The van der Waals surface area contributed by atoms with Crippen LogP contribution in [0.3, 0.4) is 0 Å². The molecular formula is C49H72N8O8S2. The van der Waals surface area contributed by atoms with Gasteiger partial charge in [-0.1, -0.05) is 88.4 Å². The summed E-state index contributed by atoms with van der Waals surface area (Å²) in [7, 11) is 3.37. The predicted molar refractivity (Wildman–Crippen MR) is 261 cm³/mol. The zero-order chi connectivity index (χ0) is 48.3. The Labute approximate surface area is 404 Å². The zero-order valence-corrected chi connectivity index (χ0v) is 41.6. The first kappa shape index (κ1) is 52.2. The average Bonchev–Trinajstić information content (AvgIpc) is 3.61. The number of ether oxygens (including phenoxy) is 2. The summed E-state index contributed by atoms with van der Waals surface area (Å²) in [5.74, 6) is -0.144. The maximum absolute atomic E-state index is 14.3. The predicted octanol–water partition coefficient (Wildman–Crippen LogP) is 3.48. The number of nitrogens with one attached hydrogen (secondary N) is 5. The fourth-order valence-corrected chi connectivity index (χ4v) is 13.3. The summed E-state index contributed by atoms with van der Waals surface area (Å²) < 4.78 is 12.4. The van der Waals surface area contributed by atoms with E-state index in [1.54, 1.807) is 47.4 Å². The van der Waals surface area contributed by atoms with Crippen LogP contribution in [-0.4, -0.2) is 139 Å². The number of carbonyl (C=O) groups excluding carboxylic acids is 6. The van der Waals surface area contributed by atoms with Gasteiger partial charge in [0.05, 0.1) is 48.6 Å². The second kappa shape index (κ2) is 23.9. The molecule has 4 heterocycles. The van der Waals surface area contributed by atoms with E-state index in [0.717, 1.165) is 11.1 Å². The van der Waals surface area contributed by atoms with Crippen LogP contribution in [0, 0.1) is 16.7 Å². The summed E-state index contributed by atoms with van der Waals surface area (Å²) >= 11 is 3.33. The van der Waals surface area contributed by atoms with E-state index in [9.17, 15) is 28.8 Å². The molecule has 0 aromatic heterocycles. The lowest BCUT2D eigenvalue weighted by Crippen LogP contribution is -2.57. The van der Waals surface area contributed by atoms with Crippen molar-refractivity contribution in [3.63, 3.8) is 0 Å². The highest BCUT2D eigenvalue weighted by Gasteiger charge is 2.55. The fraction of sp³-hybridized carbons (Fsp3) is 0.633. The molecule has 18 heteroatoms. The van der Waals surface area contributed by atoms with E-state index < -0.39 is 53.0 Å². The number of likely N-dealkylation sites (N-methyl/N-ethyl adjacent to an activating group) is 2. The molecule has 9 atom stereocenters. The number of benzene rings is 2. The molecule has 6 rings (SSSR count). The highest BCUT2D eigenvalue weighted by Crippen LogP contribution is 2.48. The van der Waals surface area contributed by atoms with Gasteiger partial charge in [-0.15, -0.1) is 23.5 Å². The highest BCUT2D eigenvalue weighted by molar-refractivity contribution is 8.00. The number of hydrogen-bond donors (Lipinski definition) is 6. The summed E-state index contributed by atoms with van der Waals surface area (Å²) in [5.41, 5.74) is 6.40. The van der Waals surface area contributed by atoms with E-state index in [2.05, 4.69) is 26.6 Å². The molecule has 0 spiro atoms. The minimum absolute atomic E-state index is 0.0448. The van der Waals surface area contributed by atoms with Crippen LogP contribution in [0.5, 0.6) is 0 Å². The SMILES string of the molecule is CNCC(=O)N[C@H]1CCS[C@H]2CC(C)(C)[C@@H](C(=O)N[C@H](COCCCCOC[C@@H](NC(=O)[C@H]3N4C(=O)CC(C[C@H](NC)C(N)=O)CS[C@H]4CC3(C)C)c3ccccc3)c3ccccc3)N2C1=O. The molecule has 67 heavy (non-hydrogen) atoms. The molecule has 0 radical (unpaired) electrons. The Balaban J connectivity index is 1.01. The van der Waals surface area contributed by atoms with E-state index in [1.165, 1.54) is 0 Å². The van der Waals surface area contributed by atoms with Gasteiger partial charge in [0, 0.05) is 19.6 Å². The van der Waals surface area contributed by atoms with E-state index in [4.69, 9.17) is 15.2 Å². The molecule has 368 valence electrons. The Morgan fingerprint density at radius 3 is 1.81 bits per heavy atom. The summed E-state index contributed by atoms with van der Waals surface area (Å²) in [6.07, 6.45) is 3.91. The van der Waals surface area contributed by atoms with Crippen molar-refractivity contribution in [3.8, 4) is 0 Å². The van der Waals surface area contributed by atoms with Crippen molar-refractivity contribution < 1.29 is 38.2 Å². The minimum Gasteiger partial charge on any atom is -0.379 e. The first-order chi connectivity index (χ1) is 32.0. The van der Waals surface area contributed by atoms with Crippen LogP contribution in [0.15, 0.2) is 60.7 Å².